The first-order valence-corrected chi connectivity index (χ1v) is 6.48. The number of allylic oxidation sites excluding steroid dienone is 1. The Morgan fingerprint density at radius 1 is 1.25 bits per heavy atom. The number of ether oxygens (including phenoxy) is 2. The van der Waals surface area contributed by atoms with Crippen molar-refractivity contribution in [1.29, 1.82) is 0 Å². The molecule has 0 amide bonds. The van der Waals surface area contributed by atoms with Gasteiger partial charge in [-0.25, -0.2) is 8.78 Å². The zero-order valence-corrected chi connectivity index (χ0v) is 12.1. The third-order valence-electron chi connectivity index (χ3n) is 2.59. The van der Waals surface area contributed by atoms with Gasteiger partial charge in [0.2, 0.25) is 0 Å². The van der Waals surface area contributed by atoms with Crippen LogP contribution in [0.4, 0.5) is 8.78 Å². The molecule has 1 aromatic rings. The van der Waals surface area contributed by atoms with Gasteiger partial charge in [0.25, 0.3) is 0 Å². The highest BCUT2D eigenvalue weighted by Crippen LogP contribution is 2.23. The predicted molar refractivity (Wildman–Crippen MR) is 74.9 cm³/mol. The quantitative estimate of drug-likeness (QED) is 0.588. The van der Waals surface area contributed by atoms with Gasteiger partial charge in [-0.1, -0.05) is 5.57 Å². The first-order valence-electron chi connectivity index (χ1n) is 6.48. The topological polar surface area (TPSA) is 30.5 Å². The van der Waals surface area contributed by atoms with Gasteiger partial charge in [-0.2, -0.15) is 0 Å². The van der Waals surface area contributed by atoms with E-state index >= 15 is 0 Å². The molecule has 0 bridgehead atoms. The third kappa shape index (κ3) is 5.67. The van der Waals surface area contributed by atoms with Crippen molar-refractivity contribution in [2.24, 2.45) is 0 Å². The number of hydrogen-bond donors (Lipinski definition) is 1. The van der Waals surface area contributed by atoms with E-state index in [1.54, 1.807) is 13.2 Å². The van der Waals surface area contributed by atoms with Crippen molar-refractivity contribution >= 4 is 0 Å². The van der Waals surface area contributed by atoms with Crippen LogP contribution in [0.2, 0.25) is 0 Å². The third-order valence-corrected chi connectivity index (χ3v) is 2.59. The van der Waals surface area contributed by atoms with Crippen LogP contribution >= 0.6 is 0 Å². The molecule has 0 saturated heterocycles. The van der Waals surface area contributed by atoms with E-state index < -0.39 is 11.6 Å². The summed E-state index contributed by atoms with van der Waals surface area (Å²) in [6, 6.07) is 2.56. The molecule has 0 spiro atoms. The summed E-state index contributed by atoms with van der Waals surface area (Å²) < 4.78 is 37.5. The van der Waals surface area contributed by atoms with Gasteiger partial charge in [0.05, 0.1) is 6.61 Å². The highest BCUT2D eigenvalue weighted by Gasteiger charge is 2.12. The summed E-state index contributed by atoms with van der Waals surface area (Å²) in [4.78, 5) is 0. The van der Waals surface area contributed by atoms with E-state index in [-0.39, 0.29) is 12.4 Å². The Labute approximate surface area is 118 Å². The molecule has 0 atom stereocenters. The zero-order chi connectivity index (χ0) is 15.0. The summed E-state index contributed by atoms with van der Waals surface area (Å²) >= 11 is 0. The van der Waals surface area contributed by atoms with Gasteiger partial charge < -0.3 is 14.8 Å². The highest BCUT2D eigenvalue weighted by molar-refractivity contribution is 5.31. The van der Waals surface area contributed by atoms with Gasteiger partial charge in [0, 0.05) is 20.2 Å². The van der Waals surface area contributed by atoms with Gasteiger partial charge in [-0.15, -0.1) is 0 Å². The average molecular weight is 285 g/mol. The molecule has 20 heavy (non-hydrogen) atoms. The largest absolute Gasteiger partial charge is 0.483 e. The molecule has 1 N–H and O–H groups in total. The summed E-state index contributed by atoms with van der Waals surface area (Å²) in [5, 5.41) is 3.03. The lowest BCUT2D eigenvalue weighted by Crippen LogP contribution is -2.18. The van der Waals surface area contributed by atoms with E-state index in [4.69, 9.17) is 9.47 Å². The van der Waals surface area contributed by atoms with Crippen molar-refractivity contribution < 1.29 is 18.3 Å². The summed E-state index contributed by atoms with van der Waals surface area (Å²) in [6.45, 7) is 5.50. The maximum atomic E-state index is 13.8. The molecule has 3 nitrogen and oxygen atoms in total. The van der Waals surface area contributed by atoms with Crippen molar-refractivity contribution in [3.63, 3.8) is 0 Å². The van der Waals surface area contributed by atoms with Crippen LogP contribution in [0.3, 0.4) is 0 Å². The predicted octanol–water partition coefficient (Wildman–Crippen LogP) is 3.05. The van der Waals surface area contributed by atoms with E-state index in [0.717, 1.165) is 5.57 Å². The van der Waals surface area contributed by atoms with Gasteiger partial charge in [0.1, 0.15) is 6.61 Å². The Balaban J connectivity index is 2.63. The first-order chi connectivity index (χ1) is 9.54. The first kappa shape index (κ1) is 16.6. The molecule has 0 unspecified atom stereocenters. The number of rotatable bonds is 8. The van der Waals surface area contributed by atoms with Crippen molar-refractivity contribution in [2.45, 2.75) is 20.4 Å². The summed E-state index contributed by atoms with van der Waals surface area (Å²) in [5.74, 6) is -1.70. The Morgan fingerprint density at radius 2 is 1.90 bits per heavy atom. The molecule has 0 aliphatic carbocycles. The van der Waals surface area contributed by atoms with E-state index in [2.05, 4.69) is 5.32 Å². The molecule has 0 aromatic heterocycles. The normalized spacial score (nSPS) is 10.4. The molecule has 1 rings (SSSR count). The Kier molecular flexibility index (Phi) is 7.18. The Hall–Kier alpha value is -1.46. The van der Waals surface area contributed by atoms with Gasteiger partial charge in [-0.05, 0) is 37.6 Å². The summed E-state index contributed by atoms with van der Waals surface area (Å²) in [6.07, 6.45) is 1.76. The number of hydrogen-bond acceptors (Lipinski definition) is 3. The minimum atomic E-state index is -0.685. The van der Waals surface area contributed by atoms with Gasteiger partial charge in [-0.3, -0.25) is 0 Å². The molecule has 0 aliphatic heterocycles. The molecular formula is C15H21F2NO2. The standard InChI is InChI=1S/C15H21F2NO2/c1-11(2)4-6-20-15-13(16)8-12(9-14(15)17)10-18-5-7-19-3/h4,8-9,18H,5-7,10H2,1-3H3. The molecule has 5 heteroatoms. The molecule has 0 saturated carbocycles. The van der Waals surface area contributed by atoms with Crippen molar-refractivity contribution in [3.05, 3.63) is 41.0 Å². The van der Waals surface area contributed by atoms with Crippen LogP contribution in [-0.2, 0) is 11.3 Å². The van der Waals surface area contributed by atoms with E-state index in [9.17, 15) is 8.78 Å². The van der Waals surface area contributed by atoms with Crippen LogP contribution in [0.15, 0.2) is 23.8 Å². The van der Waals surface area contributed by atoms with Crippen molar-refractivity contribution in [1.82, 2.24) is 5.32 Å². The molecule has 0 fully saturated rings. The highest BCUT2D eigenvalue weighted by atomic mass is 19.1. The summed E-state index contributed by atoms with van der Waals surface area (Å²) in [5.41, 5.74) is 1.57. The van der Waals surface area contributed by atoms with Crippen LogP contribution in [0.5, 0.6) is 5.75 Å². The Morgan fingerprint density at radius 3 is 2.45 bits per heavy atom. The minimum Gasteiger partial charge on any atom is -0.483 e. The number of methoxy groups -OCH3 is 1. The lowest BCUT2D eigenvalue weighted by molar-refractivity contribution is 0.199. The van der Waals surface area contributed by atoms with E-state index in [1.165, 1.54) is 12.1 Å². The van der Waals surface area contributed by atoms with Crippen molar-refractivity contribution in [2.75, 3.05) is 26.9 Å². The fourth-order valence-electron chi connectivity index (χ4n) is 1.55. The van der Waals surface area contributed by atoms with Crippen LogP contribution in [0.25, 0.3) is 0 Å². The van der Waals surface area contributed by atoms with E-state index in [0.29, 0.717) is 25.3 Å². The fourth-order valence-corrected chi connectivity index (χ4v) is 1.55. The van der Waals surface area contributed by atoms with Crippen LogP contribution in [0, 0.1) is 11.6 Å². The number of benzene rings is 1. The molecule has 1 aromatic carbocycles. The average Bonchev–Trinajstić information content (AvgIpc) is 2.37. The molecule has 0 heterocycles. The van der Waals surface area contributed by atoms with Crippen LogP contribution in [-0.4, -0.2) is 26.9 Å². The minimum absolute atomic E-state index is 0.154. The van der Waals surface area contributed by atoms with Gasteiger partial charge in [0.15, 0.2) is 17.4 Å². The van der Waals surface area contributed by atoms with Crippen molar-refractivity contribution in [3.8, 4) is 5.75 Å². The maximum Gasteiger partial charge on any atom is 0.191 e. The second-order valence-corrected chi connectivity index (χ2v) is 4.65. The monoisotopic (exact) mass is 285 g/mol. The SMILES string of the molecule is COCCNCc1cc(F)c(OCC=C(C)C)c(F)c1. The molecule has 0 radical (unpaired) electrons. The second-order valence-electron chi connectivity index (χ2n) is 4.65. The number of halogens is 2. The summed E-state index contributed by atoms with van der Waals surface area (Å²) in [7, 11) is 1.60. The Bertz CT molecular complexity index is 434. The molecule has 112 valence electrons. The smallest absolute Gasteiger partial charge is 0.191 e. The molecular weight excluding hydrogens is 264 g/mol. The lowest BCUT2D eigenvalue weighted by atomic mass is 10.2. The molecule has 0 aliphatic rings. The maximum absolute atomic E-state index is 13.8. The lowest BCUT2D eigenvalue weighted by Gasteiger charge is -2.10. The second kappa shape index (κ2) is 8.66. The van der Waals surface area contributed by atoms with Crippen LogP contribution in [0.1, 0.15) is 19.4 Å². The number of nitrogens with one attached hydrogen (secondary N) is 1. The zero-order valence-electron chi connectivity index (χ0n) is 12.1. The van der Waals surface area contributed by atoms with Crippen LogP contribution < -0.4 is 10.1 Å². The van der Waals surface area contributed by atoms with Gasteiger partial charge >= 0.3 is 0 Å². The fraction of sp³-hybridized carbons (Fsp3) is 0.467. The van der Waals surface area contributed by atoms with E-state index in [1.807, 2.05) is 13.8 Å².